The minimum Gasteiger partial charge on any atom is -0.384 e. The van der Waals surface area contributed by atoms with Crippen LogP contribution in [0.15, 0.2) is 29.3 Å². The van der Waals surface area contributed by atoms with Crippen LogP contribution in [0.25, 0.3) is 0 Å². The number of anilines is 2. The Bertz CT molecular complexity index is 966. The van der Waals surface area contributed by atoms with Crippen molar-refractivity contribution < 1.29 is 0 Å². The second kappa shape index (κ2) is 8.00. The van der Waals surface area contributed by atoms with E-state index < -0.39 is 0 Å². The molecule has 8 nitrogen and oxygen atoms in total. The minimum absolute atomic E-state index is 0.208. The summed E-state index contributed by atoms with van der Waals surface area (Å²) >= 11 is 0. The molecule has 30 heavy (non-hydrogen) atoms. The van der Waals surface area contributed by atoms with Gasteiger partial charge in [-0.2, -0.15) is 0 Å². The van der Waals surface area contributed by atoms with E-state index in [9.17, 15) is 4.79 Å². The summed E-state index contributed by atoms with van der Waals surface area (Å²) in [4.78, 5) is 28.9. The van der Waals surface area contributed by atoms with Gasteiger partial charge in [-0.25, -0.2) is 9.97 Å². The van der Waals surface area contributed by atoms with Crippen molar-refractivity contribution in [1.29, 1.82) is 0 Å². The highest BCUT2D eigenvalue weighted by Crippen LogP contribution is 2.36. The maximum Gasteiger partial charge on any atom is 0.255 e. The van der Waals surface area contributed by atoms with Crippen LogP contribution < -0.4 is 16.2 Å². The number of fused-ring (bicyclic) bond motifs is 4. The highest BCUT2D eigenvalue weighted by Gasteiger charge is 2.35. The van der Waals surface area contributed by atoms with Gasteiger partial charge in [0.1, 0.15) is 18.0 Å². The second-order valence-corrected chi connectivity index (χ2v) is 8.91. The maximum atomic E-state index is 13.3. The molecule has 0 unspecified atom stereocenters. The normalized spacial score (nSPS) is 24.6. The summed E-state index contributed by atoms with van der Waals surface area (Å²) in [5.74, 6) is 2.18. The van der Waals surface area contributed by atoms with Crippen LogP contribution in [0.4, 0.5) is 11.6 Å². The van der Waals surface area contributed by atoms with Gasteiger partial charge < -0.3 is 20.1 Å². The number of piperidine rings is 1. The number of rotatable bonds is 4. The third kappa shape index (κ3) is 3.70. The molecule has 5 rings (SSSR count). The van der Waals surface area contributed by atoms with E-state index in [-0.39, 0.29) is 5.56 Å². The van der Waals surface area contributed by atoms with Gasteiger partial charge in [0, 0.05) is 75.6 Å². The quantitative estimate of drug-likeness (QED) is 0.806. The summed E-state index contributed by atoms with van der Waals surface area (Å²) < 4.78 is 2.06. The topological polar surface area (TPSA) is 83.5 Å². The highest BCUT2D eigenvalue weighted by molar-refractivity contribution is 5.47. The molecule has 5 heterocycles. The number of nitrogens with zero attached hydrogens (tertiary/aromatic N) is 6. The number of hydrogen-bond acceptors (Lipinski definition) is 7. The van der Waals surface area contributed by atoms with E-state index in [4.69, 9.17) is 5.73 Å². The van der Waals surface area contributed by atoms with Crippen LogP contribution in [-0.2, 0) is 13.1 Å². The Balaban J connectivity index is 1.34. The summed E-state index contributed by atoms with van der Waals surface area (Å²) in [5, 5.41) is 0. The molecule has 2 aromatic rings. The molecule has 3 aliphatic heterocycles. The summed E-state index contributed by atoms with van der Waals surface area (Å²) in [6.07, 6.45) is 2.66. The zero-order chi connectivity index (χ0) is 20.7. The molecule has 2 saturated heterocycles. The molecule has 0 radical (unpaired) electrons. The molecule has 0 amide bonds. The standard InChI is InChI=1S/C22H31N7O/c1-2-26-5-7-27(8-6-26)13-17-3-4-19-18-9-16(12-29(19)22(17)30)11-28(14-18)21-10-20(23)24-15-25-21/h3-4,10,15-16,18H,2,5-9,11-14H2,1H3,(H2,23,24,25)/t16-,18+/m0/s1. The molecule has 0 aromatic carbocycles. The third-order valence-electron chi connectivity index (χ3n) is 6.99. The van der Waals surface area contributed by atoms with E-state index >= 15 is 0 Å². The van der Waals surface area contributed by atoms with Crippen molar-refractivity contribution in [1.82, 2.24) is 24.3 Å². The Labute approximate surface area is 177 Å². The van der Waals surface area contributed by atoms with Gasteiger partial charge >= 0.3 is 0 Å². The first-order valence-corrected chi connectivity index (χ1v) is 11.1. The van der Waals surface area contributed by atoms with Crippen molar-refractivity contribution in [2.24, 2.45) is 5.92 Å². The monoisotopic (exact) mass is 409 g/mol. The van der Waals surface area contributed by atoms with Gasteiger partial charge in [-0.3, -0.25) is 9.69 Å². The fourth-order valence-electron chi connectivity index (χ4n) is 5.34. The summed E-state index contributed by atoms with van der Waals surface area (Å²) in [7, 11) is 0. The molecule has 8 heteroatoms. The van der Waals surface area contributed by atoms with Gasteiger partial charge in [0.2, 0.25) is 0 Å². The maximum absolute atomic E-state index is 13.3. The first-order valence-electron chi connectivity index (χ1n) is 11.1. The van der Waals surface area contributed by atoms with Crippen LogP contribution >= 0.6 is 0 Å². The number of piperazine rings is 1. The smallest absolute Gasteiger partial charge is 0.255 e. The van der Waals surface area contributed by atoms with Crippen LogP contribution in [0, 0.1) is 5.92 Å². The summed E-state index contributed by atoms with van der Waals surface area (Å²) in [5.41, 5.74) is 8.17. The molecule has 2 aromatic heterocycles. The lowest BCUT2D eigenvalue weighted by atomic mass is 9.83. The van der Waals surface area contributed by atoms with Crippen LogP contribution in [0.3, 0.4) is 0 Å². The first-order chi connectivity index (χ1) is 14.6. The van der Waals surface area contributed by atoms with Gasteiger partial charge in [-0.05, 0) is 24.9 Å². The fourth-order valence-corrected chi connectivity index (χ4v) is 5.34. The number of hydrogen-bond donors (Lipinski definition) is 1. The molecule has 2 fully saturated rings. The molecule has 0 spiro atoms. The van der Waals surface area contributed by atoms with Crippen LogP contribution in [0.1, 0.15) is 30.5 Å². The molecule has 2 bridgehead atoms. The lowest BCUT2D eigenvalue weighted by Crippen LogP contribution is -2.49. The lowest BCUT2D eigenvalue weighted by Gasteiger charge is -2.43. The Morgan fingerprint density at radius 3 is 2.63 bits per heavy atom. The van der Waals surface area contributed by atoms with Gasteiger partial charge in [-0.1, -0.05) is 13.0 Å². The molecule has 2 atom stereocenters. The SMILES string of the molecule is CCN1CCN(Cc2ccc3n(c2=O)C[C@H]2C[C@@H]3CN(c3cc(N)ncn3)C2)CC1. The van der Waals surface area contributed by atoms with E-state index in [0.717, 1.165) is 76.7 Å². The van der Waals surface area contributed by atoms with Crippen molar-refractivity contribution in [2.45, 2.75) is 32.4 Å². The zero-order valence-corrected chi connectivity index (χ0v) is 17.7. The van der Waals surface area contributed by atoms with E-state index in [1.165, 1.54) is 12.0 Å². The molecule has 160 valence electrons. The lowest BCUT2D eigenvalue weighted by molar-refractivity contribution is 0.131. The average molecular weight is 410 g/mol. The van der Waals surface area contributed by atoms with Crippen LogP contribution in [0.5, 0.6) is 0 Å². The van der Waals surface area contributed by atoms with E-state index in [1.807, 2.05) is 6.07 Å². The van der Waals surface area contributed by atoms with Crippen molar-refractivity contribution in [3.05, 3.63) is 46.1 Å². The van der Waals surface area contributed by atoms with Gasteiger partial charge in [0.15, 0.2) is 0 Å². The molecule has 3 aliphatic rings. The number of likely N-dealkylation sites (N-methyl/N-ethyl adjacent to an activating group) is 1. The number of pyridine rings is 1. The summed E-state index contributed by atoms with van der Waals surface area (Å²) in [6.45, 7) is 10.9. The van der Waals surface area contributed by atoms with Crippen LogP contribution in [-0.4, -0.2) is 70.1 Å². The van der Waals surface area contributed by atoms with E-state index in [1.54, 1.807) is 0 Å². The third-order valence-corrected chi connectivity index (χ3v) is 6.99. The first kappa shape index (κ1) is 19.5. The average Bonchev–Trinajstić information content (AvgIpc) is 2.76. The van der Waals surface area contributed by atoms with E-state index in [2.05, 4.69) is 48.3 Å². The summed E-state index contributed by atoms with van der Waals surface area (Å²) in [6, 6.07) is 6.11. The Morgan fingerprint density at radius 2 is 1.87 bits per heavy atom. The molecule has 2 N–H and O–H groups in total. The predicted octanol–water partition coefficient (Wildman–Crippen LogP) is 0.982. The Kier molecular flexibility index (Phi) is 5.20. The van der Waals surface area contributed by atoms with Crippen molar-refractivity contribution in [2.75, 3.05) is 56.4 Å². The Morgan fingerprint density at radius 1 is 1.07 bits per heavy atom. The van der Waals surface area contributed by atoms with Crippen molar-refractivity contribution in [3.8, 4) is 0 Å². The van der Waals surface area contributed by atoms with E-state index in [0.29, 0.717) is 17.7 Å². The molecular weight excluding hydrogens is 378 g/mol. The molecule has 0 aliphatic carbocycles. The minimum atomic E-state index is 0.208. The van der Waals surface area contributed by atoms with Gasteiger partial charge in [-0.15, -0.1) is 0 Å². The highest BCUT2D eigenvalue weighted by atomic mass is 16.1. The number of aromatic nitrogens is 3. The second-order valence-electron chi connectivity index (χ2n) is 8.91. The zero-order valence-electron chi connectivity index (χ0n) is 17.7. The Hall–Kier alpha value is -2.45. The van der Waals surface area contributed by atoms with Gasteiger partial charge in [0.05, 0.1) is 0 Å². The van der Waals surface area contributed by atoms with Gasteiger partial charge in [0.25, 0.3) is 5.56 Å². The van der Waals surface area contributed by atoms with Crippen molar-refractivity contribution >= 4 is 11.6 Å². The number of nitrogen functional groups attached to an aromatic ring is 1. The molecular formula is C22H31N7O. The van der Waals surface area contributed by atoms with Crippen LogP contribution in [0.2, 0.25) is 0 Å². The predicted molar refractivity (Wildman–Crippen MR) is 118 cm³/mol. The fraction of sp³-hybridized carbons (Fsp3) is 0.591. The largest absolute Gasteiger partial charge is 0.384 e. The van der Waals surface area contributed by atoms with Crippen molar-refractivity contribution in [3.63, 3.8) is 0 Å². The molecule has 0 saturated carbocycles. The number of nitrogens with two attached hydrogens (primary N) is 1.